The summed E-state index contributed by atoms with van der Waals surface area (Å²) in [5, 5.41) is 3.21. The Morgan fingerprint density at radius 3 is 2.63 bits per heavy atom. The van der Waals surface area contributed by atoms with E-state index >= 15 is 0 Å². The normalized spacial score (nSPS) is 17.1. The van der Waals surface area contributed by atoms with Crippen LogP contribution < -0.4 is 15.0 Å². The topological polar surface area (TPSA) is 70.6 Å². The van der Waals surface area contributed by atoms with E-state index in [1.807, 2.05) is 35.2 Å². The summed E-state index contributed by atoms with van der Waals surface area (Å²) >= 11 is 5.92. The molecule has 0 spiro atoms. The maximum absolute atomic E-state index is 12.9. The number of nitrogens with zero attached hydrogens (tertiary/aromatic N) is 4. The van der Waals surface area contributed by atoms with Crippen LogP contribution in [0.3, 0.4) is 0 Å². The molecule has 3 rings (SSSR count). The van der Waals surface area contributed by atoms with E-state index in [-0.39, 0.29) is 17.4 Å². The number of aromatic nitrogens is 2. The predicted octanol–water partition coefficient (Wildman–Crippen LogP) is 3.52. The third kappa shape index (κ3) is 4.60. The highest BCUT2D eigenvalue weighted by Crippen LogP contribution is 2.23. The molecule has 1 unspecified atom stereocenters. The van der Waals surface area contributed by atoms with Crippen LogP contribution in [-0.2, 0) is 0 Å². The van der Waals surface area contributed by atoms with Crippen molar-refractivity contribution < 1.29 is 9.53 Å². The number of ether oxygens (including phenoxy) is 1. The molecule has 1 aliphatic heterocycles. The minimum atomic E-state index is -0.0979. The Hall–Kier alpha value is -2.54. The van der Waals surface area contributed by atoms with E-state index in [0.717, 1.165) is 17.3 Å². The summed E-state index contributed by atoms with van der Waals surface area (Å²) in [6.07, 6.45) is 1.65. The second-order valence-corrected chi connectivity index (χ2v) is 7.13. The fourth-order valence-electron chi connectivity index (χ4n) is 3.21. The zero-order valence-corrected chi connectivity index (χ0v) is 16.5. The fraction of sp³-hybridized carbons (Fsp3) is 0.421. The molecule has 1 aromatic carbocycles. The van der Waals surface area contributed by atoms with Gasteiger partial charge in [0.2, 0.25) is 5.28 Å². The smallest absolute Gasteiger partial charge is 0.322 e. The van der Waals surface area contributed by atoms with E-state index in [0.29, 0.717) is 25.6 Å². The van der Waals surface area contributed by atoms with E-state index in [1.165, 1.54) is 0 Å². The number of hydrogen-bond donors (Lipinski definition) is 1. The first-order chi connectivity index (χ1) is 13.0. The van der Waals surface area contributed by atoms with Gasteiger partial charge in [-0.1, -0.05) is 13.8 Å². The van der Waals surface area contributed by atoms with Crippen molar-refractivity contribution in [3.63, 3.8) is 0 Å². The first-order valence-electron chi connectivity index (χ1n) is 8.93. The lowest BCUT2D eigenvalue weighted by Gasteiger charge is -2.43. The molecule has 8 heteroatoms. The van der Waals surface area contributed by atoms with Crippen molar-refractivity contribution in [1.82, 2.24) is 14.9 Å². The average Bonchev–Trinajstić information content (AvgIpc) is 2.68. The van der Waals surface area contributed by atoms with Gasteiger partial charge in [-0.05, 0) is 47.9 Å². The maximum Gasteiger partial charge on any atom is 0.322 e. The van der Waals surface area contributed by atoms with Crippen molar-refractivity contribution in [1.29, 1.82) is 0 Å². The number of urea groups is 1. The third-order valence-electron chi connectivity index (χ3n) is 4.73. The Bertz CT molecular complexity index is 784. The molecule has 1 fully saturated rings. The van der Waals surface area contributed by atoms with Crippen LogP contribution in [0.25, 0.3) is 0 Å². The number of piperazine rings is 1. The molecule has 144 valence electrons. The molecule has 1 saturated heterocycles. The molecular formula is C19H24ClN5O2. The zero-order valence-electron chi connectivity index (χ0n) is 15.7. The lowest BCUT2D eigenvalue weighted by Crippen LogP contribution is -2.58. The number of hydrogen-bond acceptors (Lipinski definition) is 5. The standard InChI is InChI=1S/C19H24ClN5O2/c1-13(2)16-12-24(17-8-9-21-18(20)23-17)10-11-25(16)19(26)22-14-4-6-15(27-3)7-5-14/h4-9,13,16H,10-12H2,1-3H3,(H,22,26). The molecule has 1 atom stereocenters. The number of carbonyl (C=O) groups is 1. The molecule has 0 saturated carbocycles. The van der Waals surface area contributed by atoms with Gasteiger partial charge in [-0.25, -0.2) is 14.8 Å². The van der Waals surface area contributed by atoms with Gasteiger partial charge in [-0.2, -0.15) is 0 Å². The molecule has 2 aromatic rings. The summed E-state index contributed by atoms with van der Waals surface area (Å²) in [4.78, 5) is 25.1. The van der Waals surface area contributed by atoms with Gasteiger partial charge in [0.25, 0.3) is 0 Å². The highest BCUT2D eigenvalue weighted by atomic mass is 35.5. The van der Waals surface area contributed by atoms with Crippen molar-refractivity contribution in [3.8, 4) is 5.75 Å². The quantitative estimate of drug-likeness (QED) is 0.810. The van der Waals surface area contributed by atoms with Crippen molar-refractivity contribution in [2.75, 3.05) is 37.0 Å². The number of methoxy groups -OCH3 is 1. The number of carbonyl (C=O) groups excluding carboxylic acids is 1. The predicted molar refractivity (Wildman–Crippen MR) is 107 cm³/mol. The molecule has 2 amide bonds. The first-order valence-corrected chi connectivity index (χ1v) is 9.31. The van der Waals surface area contributed by atoms with Gasteiger partial charge in [0.15, 0.2) is 0 Å². The summed E-state index contributed by atoms with van der Waals surface area (Å²) in [6, 6.07) is 9.13. The molecule has 1 aliphatic rings. The van der Waals surface area contributed by atoms with Crippen LogP contribution in [-0.4, -0.2) is 53.7 Å². The molecule has 2 heterocycles. The van der Waals surface area contributed by atoms with Gasteiger partial charge in [-0.15, -0.1) is 0 Å². The van der Waals surface area contributed by atoms with E-state index in [9.17, 15) is 4.79 Å². The highest BCUT2D eigenvalue weighted by Gasteiger charge is 2.33. The Balaban J connectivity index is 1.70. The van der Waals surface area contributed by atoms with E-state index in [4.69, 9.17) is 16.3 Å². The van der Waals surface area contributed by atoms with Gasteiger partial charge in [0.05, 0.1) is 13.2 Å². The third-order valence-corrected chi connectivity index (χ3v) is 4.91. The maximum atomic E-state index is 12.9. The van der Waals surface area contributed by atoms with E-state index < -0.39 is 0 Å². The highest BCUT2D eigenvalue weighted by molar-refractivity contribution is 6.28. The van der Waals surface area contributed by atoms with Crippen LogP contribution >= 0.6 is 11.6 Å². The fourth-order valence-corrected chi connectivity index (χ4v) is 3.36. The zero-order chi connectivity index (χ0) is 19.4. The molecule has 27 heavy (non-hydrogen) atoms. The first kappa shape index (κ1) is 19.2. The Morgan fingerprint density at radius 1 is 1.26 bits per heavy atom. The lowest BCUT2D eigenvalue weighted by atomic mass is 10.00. The van der Waals surface area contributed by atoms with Crippen molar-refractivity contribution in [2.24, 2.45) is 5.92 Å². The molecular weight excluding hydrogens is 366 g/mol. The Labute approximate surface area is 164 Å². The number of halogens is 1. The summed E-state index contributed by atoms with van der Waals surface area (Å²) in [5.41, 5.74) is 0.744. The molecule has 0 aliphatic carbocycles. The second-order valence-electron chi connectivity index (χ2n) is 6.79. The van der Waals surface area contributed by atoms with E-state index in [2.05, 4.69) is 34.0 Å². The molecule has 7 nitrogen and oxygen atoms in total. The Morgan fingerprint density at radius 2 is 2.00 bits per heavy atom. The second kappa shape index (κ2) is 8.43. The van der Waals surface area contributed by atoms with Crippen LogP contribution in [0.5, 0.6) is 5.75 Å². The van der Waals surface area contributed by atoms with Crippen LogP contribution in [0.2, 0.25) is 5.28 Å². The number of rotatable bonds is 4. The molecule has 0 radical (unpaired) electrons. The van der Waals surface area contributed by atoms with Gasteiger partial charge < -0.3 is 19.9 Å². The largest absolute Gasteiger partial charge is 0.497 e. The van der Waals surface area contributed by atoms with Crippen molar-refractivity contribution in [3.05, 3.63) is 41.8 Å². The van der Waals surface area contributed by atoms with Crippen LogP contribution in [0.15, 0.2) is 36.5 Å². The van der Waals surface area contributed by atoms with Crippen molar-refractivity contribution >= 4 is 29.1 Å². The minimum absolute atomic E-state index is 0.0609. The number of nitrogens with one attached hydrogen (secondary N) is 1. The summed E-state index contributed by atoms with van der Waals surface area (Å²) in [5.74, 6) is 1.84. The van der Waals surface area contributed by atoms with E-state index in [1.54, 1.807) is 13.3 Å². The minimum Gasteiger partial charge on any atom is -0.497 e. The van der Waals surface area contributed by atoms with Crippen LogP contribution in [0.1, 0.15) is 13.8 Å². The summed E-state index contributed by atoms with van der Waals surface area (Å²) in [6.45, 7) is 6.23. The Kier molecular flexibility index (Phi) is 6.01. The number of anilines is 2. The van der Waals surface area contributed by atoms with Gasteiger partial charge in [0, 0.05) is 31.5 Å². The SMILES string of the molecule is COc1ccc(NC(=O)N2CCN(c3ccnc(Cl)n3)CC2C(C)C)cc1. The van der Waals surface area contributed by atoms with Gasteiger partial charge in [-0.3, -0.25) is 0 Å². The number of benzene rings is 1. The molecule has 0 bridgehead atoms. The van der Waals surface area contributed by atoms with Crippen LogP contribution in [0, 0.1) is 5.92 Å². The van der Waals surface area contributed by atoms with Gasteiger partial charge >= 0.3 is 6.03 Å². The average molecular weight is 390 g/mol. The molecule has 1 N–H and O–H groups in total. The number of amides is 2. The lowest BCUT2D eigenvalue weighted by molar-refractivity contribution is 0.156. The summed E-state index contributed by atoms with van der Waals surface area (Å²) < 4.78 is 5.15. The van der Waals surface area contributed by atoms with Crippen LogP contribution in [0.4, 0.5) is 16.3 Å². The van der Waals surface area contributed by atoms with Crippen molar-refractivity contribution in [2.45, 2.75) is 19.9 Å². The molecule has 1 aromatic heterocycles. The summed E-state index contributed by atoms with van der Waals surface area (Å²) in [7, 11) is 1.62. The van der Waals surface area contributed by atoms with Gasteiger partial charge in [0.1, 0.15) is 11.6 Å². The monoisotopic (exact) mass is 389 g/mol.